The van der Waals surface area contributed by atoms with E-state index in [-0.39, 0.29) is 17.1 Å². The number of Topliss-reactive ketones (excluding diaryl/α,β-unsaturated/α-hetero) is 1. The van der Waals surface area contributed by atoms with Gasteiger partial charge in [0.2, 0.25) is 5.78 Å². The van der Waals surface area contributed by atoms with Gasteiger partial charge in [-0.25, -0.2) is 9.18 Å². The molecule has 0 radical (unpaired) electrons. The molecule has 7 heteroatoms. The van der Waals surface area contributed by atoms with Crippen molar-refractivity contribution in [1.82, 2.24) is 4.57 Å². The van der Waals surface area contributed by atoms with Crippen LogP contribution in [0.15, 0.2) is 24.3 Å². The summed E-state index contributed by atoms with van der Waals surface area (Å²) in [6, 6.07) is 5.49. The van der Waals surface area contributed by atoms with E-state index in [0.717, 1.165) is 17.5 Å². The zero-order chi connectivity index (χ0) is 19.3. The topological polar surface area (TPSA) is 66.8 Å². The molecule has 140 valence electrons. The highest BCUT2D eigenvalue weighted by atomic mass is 19.1. The largest absolute Gasteiger partial charge is 0.494 e. The van der Waals surface area contributed by atoms with Gasteiger partial charge in [0, 0.05) is 30.6 Å². The van der Waals surface area contributed by atoms with E-state index in [2.05, 4.69) is 0 Å². The van der Waals surface area contributed by atoms with E-state index in [0.29, 0.717) is 18.7 Å². The summed E-state index contributed by atoms with van der Waals surface area (Å²) in [4.78, 5) is 24.4. The van der Waals surface area contributed by atoms with Crippen molar-refractivity contribution in [2.75, 3.05) is 27.4 Å². The van der Waals surface area contributed by atoms with E-state index in [9.17, 15) is 14.0 Å². The molecule has 0 aliphatic carbocycles. The van der Waals surface area contributed by atoms with Gasteiger partial charge in [0.25, 0.3) is 0 Å². The van der Waals surface area contributed by atoms with Crippen LogP contribution in [0.1, 0.15) is 32.1 Å². The van der Waals surface area contributed by atoms with Gasteiger partial charge in [0.1, 0.15) is 0 Å². The Morgan fingerprint density at radius 1 is 1.15 bits per heavy atom. The molecule has 0 N–H and O–H groups in total. The third-order valence-electron chi connectivity index (χ3n) is 4.11. The van der Waals surface area contributed by atoms with Crippen molar-refractivity contribution in [2.24, 2.45) is 0 Å². The third kappa shape index (κ3) is 4.29. The standard InChI is InChI=1S/C19H22FNO5/c1-12-9-15(13(2)21(12)7-8-24-3)17(22)11-26-19(23)14-5-6-18(25-4)16(20)10-14/h5-6,9-10H,7-8,11H2,1-4H3. The minimum atomic E-state index is -0.770. The fraction of sp³-hybridized carbons (Fsp3) is 0.368. The number of carbonyl (C=O) groups excluding carboxylic acids is 2. The molecule has 1 heterocycles. The predicted molar refractivity (Wildman–Crippen MR) is 93.3 cm³/mol. The lowest BCUT2D eigenvalue weighted by molar-refractivity contribution is 0.0474. The molecule has 6 nitrogen and oxygen atoms in total. The lowest BCUT2D eigenvalue weighted by Gasteiger charge is -2.09. The highest BCUT2D eigenvalue weighted by Crippen LogP contribution is 2.19. The van der Waals surface area contributed by atoms with Crippen LogP contribution in [-0.2, 0) is 16.0 Å². The van der Waals surface area contributed by atoms with E-state index >= 15 is 0 Å². The number of ketones is 1. The maximum absolute atomic E-state index is 13.7. The van der Waals surface area contributed by atoms with Gasteiger partial charge < -0.3 is 18.8 Å². The minimum Gasteiger partial charge on any atom is -0.494 e. The van der Waals surface area contributed by atoms with Crippen molar-refractivity contribution < 1.29 is 28.2 Å². The van der Waals surface area contributed by atoms with Gasteiger partial charge in [-0.2, -0.15) is 0 Å². The number of rotatable bonds is 8. The van der Waals surface area contributed by atoms with Crippen LogP contribution in [0.4, 0.5) is 4.39 Å². The quantitative estimate of drug-likeness (QED) is 0.533. The van der Waals surface area contributed by atoms with Crippen molar-refractivity contribution in [1.29, 1.82) is 0 Å². The summed E-state index contributed by atoms with van der Waals surface area (Å²) in [5.74, 6) is -1.73. The van der Waals surface area contributed by atoms with Crippen LogP contribution in [0.25, 0.3) is 0 Å². The fourth-order valence-electron chi connectivity index (χ4n) is 2.70. The van der Waals surface area contributed by atoms with Crippen LogP contribution in [0.5, 0.6) is 5.75 Å². The Hall–Kier alpha value is -2.67. The average Bonchev–Trinajstić information content (AvgIpc) is 2.91. The van der Waals surface area contributed by atoms with Gasteiger partial charge in [-0.3, -0.25) is 4.79 Å². The molecule has 0 unspecified atom stereocenters. The lowest BCUT2D eigenvalue weighted by Crippen LogP contribution is -2.15. The fourth-order valence-corrected chi connectivity index (χ4v) is 2.70. The zero-order valence-electron chi connectivity index (χ0n) is 15.3. The number of nitrogens with zero attached hydrogens (tertiary/aromatic N) is 1. The molecule has 2 aromatic rings. The van der Waals surface area contributed by atoms with E-state index in [1.54, 1.807) is 13.2 Å². The van der Waals surface area contributed by atoms with E-state index in [4.69, 9.17) is 14.2 Å². The smallest absolute Gasteiger partial charge is 0.338 e. The second kappa shape index (κ2) is 8.62. The van der Waals surface area contributed by atoms with E-state index in [1.165, 1.54) is 19.2 Å². The van der Waals surface area contributed by atoms with Crippen LogP contribution >= 0.6 is 0 Å². The summed E-state index contributed by atoms with van der Waals surface area (Å²) in [5.41, 5.74) is 2.22. The first kappa shape index (κ1) is 19.7. The number of carbonyl (C=O) groups is 2. The number of aryl methyl sites for hydroxylation is 1. The zero-order valence-corrected chi connectivity index (χ0v) is 15.3. The molecule has 0 aliphatic heterocycles. The van der Waals surface area contributed by atoms with Gasteiger partial charge >= 0.3 is 5.97 Å². The number of ether oxygens (including phenoxy) is 3. The van der Waals surface area contributed by atoms with E-state index < -0.39 is 18.4 Å². The first-order chi connectivity index (χ1) is 12.4. The molecule has 0 bridgehead atoms. The summed E-state index contributed by atoms with van der Waals surface area (Å²) >= 11 is 0. The number of aromatic nitrogens is 1. The van der Waals surface area contributed by atoms with Crippen LogP contribution in [-0.4, -0.2) is 43.8 Å². The summed E-state index contributed by atoms with van der Waals surface area (Å²) in [5, 5.41) is 0. The Kier molecular flexibility index (Phi) is 6.52. The van der Waals surface area contributed by atoms with Crippen molar-refractivity contribution in [3.05, 3.63) is 52.6 Å². The van der Waals surface area contributed by atoms with Crippen LogP contribution in [0.2, 0.25) is 0 Å². The summed E-state index contributed by atoms with van der Waals surface area (Å²) < 4.78 is 30.5. The number of hydrogen-bond donors (Lipinski definition) is 0. The van der Waals surface area contributed by atoms with Gasteiger partial charge in [0.15, 0.2) is 18.2 Å². The molecule has 26 heavy (non-hydrogen) atoms. The number of halogens is 1. The Balaban J connectivity index is 2.04. The first-order valence-corrected chi connectivity index (χ1v) is 8.08. The molecule has 1 aromatic carbocycles. The van der Waals surface area contributed by atoms with E-state index in [1.807, 2.05) is 18.4 Å². The molecule has 0 saturated heterocycles. The second-order valence-electron chi connectivity index (χ2n) is 5.78. The molecular formula is C19H22FNO5. The molecule has 0 amide bonds. The van der Waals surface area contributed by atoms with Crippen molar-refractivity contribution >= 4 is 11.8 Å². The molecule has 0 spiro atoms. The van der Waals surface area contributed by atoms with Gasteiger partial charge in [-0.1, -0.05) is 0 Å². The summed E-state index contributed by atoms with van der Waals surface area (Å²) in [6.07, 6.45) is 0. The Morgan fingerprint density at radius 3 is 2.50 bits per heavy atom. The van der Waals surface area contributed by atoms with Crippen LogP contribution < -0.4 is 4.74 Å². The molecule has 0 atom stereocenters. The van der Waals surface area contributed by atoms with Gasteiger partial charge in [0.05, 0.1) is 19.3 Å². The second-order valence-corrected chi connectivity index (χ2v) is 5.78. The normalized spacial score (nSPS) is 10.7. The average molecular weight is 363 g/mol. The Bertz CT molecular complexity index is 813. The van der Waals surface area contributed by atoms with Gasteiger partial charge in [-0.15, -0.1) is 0 Å². The molecule has 0 saturated carbocycles. The molecule has 1 aromatic heterocycles. The SMILES string of the molecule is COCCn1c(C)cc(C(=O)COC(=O)c2ccc(OC)c(F)c2)c1C. The monoisotopic (exact) mass is 363 g/mol. The molecule has 2 rings (SSSR count). The molecular weight excluding hydrogens is 341 g/mol. The predicted octanol–water partition coefficient (Wildman–Crippen LogP) is 2.94. The number of hydrogen-bond acceptors (Lipinski definition) is 5. The Labute approximate surface area is 151 Å². The maximum Gasteiger partial charge on any atom is 0.338 e. The number of methoxy groups -OCH3 is 2. The Morgan fingerprint density at radius 2 is 1.88 bits per heavy atom. The van der Waals surface area contributed by atoms with Crippen molar-refractivity contribution in [3.63, 3.8) is 0 Å². The van der Waals surface area contributed by atoms with Crippen molar-refractivity contribution in [3.8, 4) is 5.75 Å². The first-order valence-electron chi connectivity index (χ1n) is 8.08. The van der Waals surface area contributed by atoms with Crippen LogP contribution in [0, 0.1) is 19.7 Å². The summed E-state index contributed by atoms with van der Waals surface area (Å²) in [6.45, 7) is 4.47. The molecule has 0 fully saturated rings. The van der Waals surface area contributed by atoms with Crippen molar-refractivity contribution in [2.45, 2.75) is 20.4 Å². The lowest BCUT2D eigenvalue weighted by atomic mass is 10.1. The number of benzene rings is 1. The third-order valence-corrected chi connectivity index (χ3v) is 4.11. The minimum absolute atomic E-state index is 0.0154. The highest BCUT2D eigenvalue weighted by molar-refractivity contribution is 6.00. The molecule has 0 aliphatic rings. The highest BCUT2D eigenvalue weighted by Gasteiger charge is 2.18. The van der Waals surface area contributed by atoms with Gasteiger partial charge in [-0.05, 0) is 38.1 Å². The summed E-state index contributed by atoms with van der Waals surface area (Å²) in [7, 11) is 2.94. The number of esters is 1. The maximum atomic E-state index is 13.7. The van der Waals surface area contributed by atoms with Crippen LogP contribution in [0.3, 0.4) is 0 Å².